The summed E-state index contributed by atoms with van der Waals surface area (Å²) >= 11 is 7.88. The number of halogens is 2. The van der Waals surface area contributed by atoms with Gasteiger partial charge < -0.3 is 10.1 Å². The molecule has 0 bridgehead atoms. The zero-order valence-electron chi connectivity index (χ0n) is 8.22. The average molecular weight is 340 g/mol. The topological polar surface area (TPSA) is 38.3 Å². The Hall–Kier alpha value is -0.330. The molecule has 1 aromatic carbocycles. The first-order valence-corrected chi connectivity index (χ1v) is 5.83. The molecule has 0 fully saturated rings. The molecule has 5 heteroatoms. The van der Waals surface area contributed by atoms with Crippen LogP contribution in [0.4, 0.5) is 0 Å². The molecule has 15 heavy (non-hydrogen) atoms. The second-order valence-electron chi connectivity index (χ2n) is 2.87. The van der Waals surface area contributed by atoms with Crippen molar-refractivity contribution in [1.29, 1.82) is 0 Å². The van der Waals surface area contributed by atoms with E-state index in [9.17, 15) is 4.79 Å². The molecule has 1 rings (SSSR count). The summed E-state index contributed by atoms with van der Waals surface area (Å²) in [4.78, 5) is 11.6. The molecule has 0 saturated heterocycles. The number of carbonyl (C=O) groups is 1. The molecule has 0 aromatic heterocycles. The minimum absolute atomic E-state index is 0.104. The average Bonchev–Trinajstić information content (AvgIpc) is 2.17. The predicted octanol–water partition coefficient (Wildman–Crippen LogP) is 2.32. The molecule has 0 heterocycles. The summed E-state index contributed by atoms with van der Waals surface area (Å²) in [5.74, 6) is -0.104. The Morgan fingerprint density at radius 3 is 2.93 bits per heavy atom. The van der Waals surface area contributed by atoms with E-state index < -0.39 is 0 Å². The first kappa shape index (κ1) is 12.7. The normalized spacial score (nSPS) is 10.1. The molecular formula is C10H11ClINO2. The lowest BCUT2D eigenvalue weighted by Crippen LogP contribution is -2.27. The lowest BCUT2D eigenvalue weighted by atomic mass is 10.2. The molecule has 1 aromatic rings. The Morgan fingerprint density at radius 1 is 1.60 bits per heavy atom. The number of rotatable bonds is 4. The van der Waals surface area contributed by atoms with Crippen molar-refractivity contribution in [1.82, 2.24) is 5.32 Å². The van der Waals surface area contributed by atoms with E-state index in [1.807, 2.05) is 0 Å². The molecule has 3 nitrogen and oxygen atoms in total. The largest absolute Gasteiger partial charge is 0.383 e. The van der Waals surface area contributed by atoms with Gasteiger partial charge in [0.25, 0.3) is 5.91 Å². The molecule has 82 valence electrons. The van der Waals surface area contributed by atoms with Gasteiger partial charge in [-0.2, -0.15) is 0 Å². The fourth-order valence-electron chi connectivity index (χ4n) is 1.04. The van der Waals surface area contributed by atoms with E-state index in [-0.39, 0.29) is 5.91 Å². The highest BCUT2D eigenvalue weighted by Gasteiger charge is 2.08. The summed E-state index contributed by atoms with van der Waals surface area (Å²) in [6.45, 7) is 1.02. The lowest BCUT2D eigenvalue weighted by Gasteiger charge is -2.06. The number of benzene rings is 1. The quantitative estimate of drug-likeness (QED) is 0.675. The SMILES string of the molecule is COCCNC(=O)c1ccc(Cl)cc1I. The number of ether oxygens (including phenoxy) is 1. The monoisotopic (exact) mass is 339 g/mol. The van der Waals surface area contributed by atoms with Crippen LogP contribution in [0.2, 0.25) is 5.02 Å². The third kappa shape index (κ3) is 3.96. The van der Waals surface area contributed by atoms with Crippen molar-refractivity contribution in [2.24, 2.45) is 0 Å². The molecule has 0 aliphatic heterocycles. The molecule has 0 atom stereocenters. The van der Waals surface area contributed by atoms with Crippen LogP contribution in [0.3, 0.4) is 0 Å². The maximum Gasteiger partial charge on any atom is 0.252 e. The third-order valence-corrected chi connectivity index (χ3v) is 2.90. The Labute approximate surface area is 107 Å². The highest BCUT2D eigenvalue weighted by atomic mass is 127. The molecule has 0 radical (unpaired) electrons. The molecule has 1 N–H and O–H groups in total. The van der Waals surface area contributed by atoms with Gasteiger partial charge in [0.15, 0.2) is 0 Å². The van der Waals surface area contributed by atoms with Gasteiger partial charge in [0, 0.05) is 22.2 Å². The maximum atomic E-state index is 11.6. The molecule has 0 aliphatic rings. The number of hydrogen-bond donors (Lipinski definition) is 1. The summed E-state index contributed by atoms with van der Waals surface area (Å²) in [7, 11) is 1.60. The molecular weight excluding hydrogens is 328 g/mol. The number of hydrogen-bond acceptors (Lipinski definition) is 2. The van der Waals surface area contributed by atoms with Gasteiger partial charge in [-0.1, -0.05) is 11.6 Å². The van der Waals surface area contributed by atoms with Crippen LogP contribution in [-0.2, 0) is 4.74 Å². The Kier molecular flexibility index (Phi) is 5.35. The standard InChI is InChI=1S/C10H11ClINO2/c1-15-5-4-13-10(14)8-3-2-7(11)6-9(8)12/h2-3,6H,4-5H2,1H3,(H,13,14). The van der Waals surface area contributed by atoms with E-state index in [1.54, 1.807) is 25.3 Å². The van der Waals surface area contributed by atoms with E-state index in [4.69, 9.17) is 16.3 Å². The Balaban J connectivity index is 2.65. The van der Waals surface area contributed by atoms with Crippen molar-refractivity contribution >= 4 is 40.1 Å². The second kappa shape index (κ2) is 6.30. The van der Waals surface area contributed by atoms with E-state index in [0.29, 0.717) is 23.7 Å². The van der Waals surface area contributed by atoms with Crippen LogP contribution in [0.25, 0.3) is 0 Å². The molecule has 0 saturated carbocycles. The van der Waals surface area contributed by atoms with Crippen LogP contribution < -0.4 is 5.32 Å². The van der Waals surface area contributed by atoms with E-state index in [2.05, 4.69) is 27.9 Å². The van der Waals surface area contributed by atoms with Gasteiger partial charge in [-0.25, -0.2) is 0 Å². The molecule has 0 unspecified atom stereocenters. The number of nitrogens with one attached hydrogen (secondary N) is 1. The molecule has 0 spiro atoms. The molecule has 0 aliphatic carbocycles. The van der Waals surface area contributed by atoms with Gasteiger partial charge in [-0.3, -0.25) is 4.79 Å². The summed E-state index contributed by atoms with van der Waals surface area (Å²) in [5, 5.41) is 3.38. The van der Waals surface area contributed by atoms with E-state index in [1.165, 1.54) is 0 Å². The maximum absolute atomic E-state index is 11.6. The smallest absolute Gasteiger partial charge is 0.252 e. The first-order valence-electron chi connectivity index (χ1n) is 4.37. The number of methoxy groups -OCH3 is 1. The number of amides is 1. The van der Waals surface area contributed by atoms with Gasteiger partial charge in [0.05, 0.1) is 12.2 Å². The Morgan fingerprint density at radius 2 is 2.33 bits per heavy atom. The summed E-state index contributed by atoms with van der Waals surface area (Å²) in [5.41, 5.74) is 0.635. The van der Waals surface area contributed by atoms with Crippen LogP contribution in [0.5, 0.6) is 0 Å². The third-order valence-electron chi connectivity index (χ3n) is 1.77. The van der Waals surface area contributed by atoms with E-state index >= 15 is 0 Å². The lowest BCUT2D eigenvalue weighted by molar-refractivity contribution is 0.0936. The van der Waals surface area contributed by atoms with Crippen LogP contribution in [0.15, 0.2) is 18.2 Å². The van der Waals surface area contributed by atoms with Crippen molar-refractivity contribution in [2.45, 2.75) is 0 Å². The van der Waals surface area contributed by atoms with Crippen LogP contribution >= 0.6 is 34.2 Å². The zero-order valence-corrected chi connectivity index (χ0v) is 11.1. The van der Waals surface area contributed by atoms with Crippen LogP contribution in [0.1, 0.15) is 10.4 Å². The highest BCUT2D eigenvalue weighted by molar-refractivity contribution is 14.1. The fraction of sp³-hybridized carbons (Fsp3) is 0.300. The van der Waals surface area contributed by atoms with Crippen molar-refractivity contribution in [3.05, 3.63) is 32.4 Å². The first-order chi connectivity index (χ1) is 7.15. The van der Waals surface area contributed by atoms with Crippen molar-refractivity contribution < 1.29 is 9.53 Å². The van der Waals surface area contributed by atoms with Crippen LogP contribution in [-0.4, -0.2) is 26.2 Å². The van der Waals surface area contributed by atoms with Gasteiger partial charge in [-0.15, -0.1) is 0 Å². The summed E-state index contributed by atoms with van der Waals surface area (Å²) in [6, 6.07) is 5.18. The zero-order chi connectivity index (χ0) is 11.3. The number of carbonyl (C=O) groups excluding carboxylic acids is 1. The predicted molar refractivity (Wildman–Crippen MR) is 68.4 cm³/mol. The van der Waals surface area contributed by atoms with E-state index in [0.717, 1.165) is 3.57 Å². The van der Waals surface area contributed by atoms with Crippen LogP contribution in [0, 0.1) is 3.57 Å². The van der Waals surface area contributed by atoms with Gasteiger partial charge in [-0.05, 0) is 40.8 Å². The Bertz CT molecular complexity index is 357. The fourth-order valence-corrected chi connectivity index (χ4v) is 2.15. The minimum atomic E-state index is -0.104. The highest BCUT2D eigenvalue weighted by Crippen LogP contribution is 2.17. The van der Waals surface area contributed by atoms with Gasteiger partial charge >= 0.3 is 0 Å². The molecule has 1 amide bonds. The summed E-state index contributed by atoms with van der Waals surface area (Å²) < 4.78 is 5.68. The van der Waals surface area contributed by atoms with Crippen molar-refractivity contribution in [3.63, 3.8) is 0 Å². The van der Waals surface area contributed by atoms with Gasteiger partial charge in [0.1, 0.15) is 0 Å². The summed E-state index contributed by atoms with van der Waals surface area (Å²) in [6.07, 6.45) is 0. The second-order valence-corrected chi connectivity index (χ2v) is 4.47. The minimum Gasteiger partial charge on any atom is -0.383 e. The van der Waals surface area contributed by atoms with Crippen molar-refractivity contribution in [2.75, 3.05) is 20.3 Å². The van der Waals surface area contributed by atoms with Crippen molar-refractivity contribution in [3.8, 4) is 0 Å². The van der Waals surface area contributed by atoms with Gasteiger partial charge in [0.2, 0.25) is 0 Å².